The fourth-order valence-corrected chi connectivity index (χ4v) is 2.37. The van der Waals surface area contributed by atoms with Crippen LogP contribution in [0.25, 0.3) is 0 Å². The van der Waals surface area contributed by atoms with Crippen LogP contribution < -0.4 is 5.73 Å². The average Bonchev–Trinajstić information content (AvgIpc) is 2.42. The van der Waals surface area contributed by atoms with Crippen molar-refractivity contribution in [3.8, 4) is 0 Å². The maximum Gasteiger partial charge on any atom is 0.0221 e. The standard InChI is InChI=1S/C16H28N2/c1-4-5-11-18(3)16(13-17)12-14(2)15-9-7-6-8-10-15/h6-10,14,16H,4-5,11-13,17H2,1-3H3. The third-order valence-corrected chi connectivity index (χ3v) is 3.75. The van der Waals surface area contributed by atoms with Crippen LogP contribution in [0.4, 0.5) is 0 Å². The summed E-state index contributed by atoms with van der Waals surface area (Å²) in [5, 5.41) is 0. The molecule has 0 aromatic heterocycles. The van der Waals surface area contributed by atoms with Crippen LogP contribution in [0.15, 0.2) is 30.3 Å². The molecule has 1 rings (SSSR count). The van der Waals surface area contributed by atoms with Crippen molar-refractivity contribution in [2.75, 3.05) is 20.1 Å². The third kappa shape index (κ3) is 4.79. The summed E-state index contributed by atoms with van der Waals surface area (Å²) in [5.41, 5.74) is 7.35. The first-order valence-corrected chi connectivity index (χ1v) is 7.14. The van der Waals surface area contributed by atoms with Crippen molar-refractivity contribution < 1.29 is 0 Å². The van der Waals surface area contributed by atoms with Crippen LogP contribution >= 0.6 is 0 Å². The summed E-state index contributed by atoms with van der Waals surface area (Å²) in [5.74, 6) is 0.573. The molecule has 0 aliphatic rings. The molecule has 0 radical (unpaired) electrons. The van der Waals surface area contributed by atoms with Gasteiger partial charge in [-0.3, -0.25) is 0 Å². The summed E-state index contributed by atoms with van der Waals surface area (Å²) in [6, 6.07) is 11.2. The van der Waals surface area contributed by atoms with Gasteiger partial charge in [-0.15, -0.1) is 0 Å². The van der Waals surface area contributed by atoms with Gasteiger partial charge in [0.1, 0.15) is 0 Å². The molecule has 0 amide bonds. The normalized spacial score (nSPS) is 14.7. The first-order valence-electron chi connectivity index (χ1n) is 7.14. The molecule has 2 nitrogen and oxygen atoms in total. The minimum Gasteiger partial charge on any atom is -0.329 e. The van der Waals surface area contributed by atoms with Crippen LogP contribution in [0.3, 0.4) is 0 Å². The van der Waals surface area contributed by atoms with E-state index in [2.05, 4.69) is 56.1 Å². The van der Waals surface area contributed by atoms with E-state index in [0.29, 0.717) is 12.0 Å². The second-order valence-corrected chi connectivity index (χ2v) is 5.27. The van der Waals surface area contributed by atoms with Gasteiger partial charge in [-0.25, -0.2) is 0 Å². The van der Waals surface area contributed by atoms with Gasteiger partial charge in [-0.2, -0.15) is 0 Å². The molecule has 2 atom stereocenters. The molecule has 0 aliphatic heterocycles. The molecular weight excluding hydrogens is 220 g/mol. The molecule has 2 N–H and O–H groups in total. The molecule has 0 aliphatic carbocycles. The average molecular weight is 248 g/mol. The molecule has 1 aromatic rings. The van der Waals surface area contributed by atoms with E-state index in [1.165, 1.54) is 18.4 Å². The second kappa shape index (κ2) is 8.28. The lowest BCUT2D eigenvalue weighted by atomic mass is 9.93. The number of unbranched alkanes of at least 4 members (excludes halogenated alkanes) is 1. The van der Waals surface area contributed by atoms with Crippen LogP contribution in [0.2, 0.25) is 0 Å². The molecule has 18 heavy (non-hydrogen) atoms. The van der Waals surface area contributed by atoms with E-state index in [-0.39, 0.29) is 0 Å². The van der Waals surface area contributed by atoms with Gasteiger partial charge in [0.15, 0.2) is 0 Å². The molecule has 0 saturated heterocycles. The maximum atomic E-state index is 5.93. The number of benzene rings is 1. The molecule has 1 aromatic carbocycles. The molecule has 0 spiro atoms. The Kier molecular flexibility index (Phi) is 6.99. The Morgan fingerprint density at radius 2 is 1.89 bits per heavy atom. The largest absolute Gasteiger partial charge is 0.329 e. The molecule has 102 valence electrons. The van der Waals surface area contributed by atoms with Crippen LogP contribution in [-0.2, 0) is 0 Å². The zero-order valence-electron chi connectivity index (χ0n) is 12.1. The van der Waals surface area contributed by atoms with Crippen LogP contribution in [-0.4, -0.2) is 31.1 Å². The minimum atomic E-state index is 0.492. The molecule has 0 saturated carbocycles. The van der Waals surface area contributed by atoms with E-state index >= 15 is 0 Å². The quantitative estimate of drug-likeness (QED) is 0.765. The third-order valence-electron chi connectivity index (χ3n) is 3.75. The maximum absolute atomic E-state index is 5.93. The van der Waals surface area contributed by atoms with E-state index < -0.39 is 0 Å². The Bertz CT molecular complexity index is 310. The zero-order chi connectivity index (χ0) is 13.4. The highest BCUT2D eigenvalue weighted by Gasteiger charge is 2.16. The van der Waals surface area contributed by atoms with Crippen molar-refractivity contribution in [1.82, 2.24) is 4.90 Å². The monoisotopic (exact) mass is 248 g/mol. The Balaban J connectivity index is 2.52. The van der Waals surface area contributed by atoms with E-state index in [4.69, 9.17) is 5.73 Å². The molecule has 0 bridgehead atoms. The Morgan fingerprint density at radius 3 is 2.44 bits per heavy atom. The van der Waals surface area contributed by atoms with Crippen molar-refractivity contribution in [2.24, 2.45) is 5.73 Å². The molecule has 2 heteroatoms. The van der Waals surface area contributed by atoms with Crippen molar-refractivity contribution in [2.45, 2.75) is 45.1 Å². The number of nitrogens with zero attached hydrogens (tertiary/aromatic N) is 1. The predicted molar refractivity (Wildman–Crippen MR) is 79.9 cm³/mol. The van der Waals surface area contributed by atoms with Crippen LogP contribution in [0, 0.1) is 0 Å². The van der Waals surface area contributed by atoms with Gasteiger partial charge < -0.3 is 10.6 Å². The molecule has 0 heterocycles. The van der Waals surface area contributed by atoms with Gasteiger partial charge in [0.05, 0.1) is 0 Å². The number of hydrogen-bond acceptors (Lipinski definition) is 2. The van der Waals surface area contributed by atoms with E-state index in [0.717, 1.165) is 19.5 Å². The highest BCUT2D eigenvalue weighted by Crippen LogP contribution is 2.21. The summed E-state index contributed by atoms with van der Waals surface area (Å²) in [6.45, 7) is 6.43. The van der Waals surface area contributed by atoms with E-state index in [1.54, 1.807) is 0 Å². The second-order valence-electron chi connectivity index (χ2n) is 5.27. The highest BCUT2D eigenvalue weighted by molar-refractivity contribution is 5.18. The number of hydrogen-bond donors (Lipinski definition) is 1. The van der Waals surface area contributed by atoms with Gasteiger partial charge in [-0.1, -0.05) is 50.6 Å². The smallest absolute Gasteiger partial charge is 0.0221 e. The van der Waals surface area contributed by atoms with E-state index in [9.17, 15) is 0 Å². The molecule has 2 unspecified atom stereocenters. The topological polar surface area (TPSA) is 29.3 Å². The number of likely N-dealkylation sites (N-methyl/N-ethyl adjacent to an activating group) is 1. The summed E-state index contributed by atoms with van der Waals surface area (Å²) >= 11 is 0. The first-order chi connectivity index (χ1) is 8.69. The lowest BCUT2D eigenvalue weighted by Gasteiger charge is -2.29. The van der Waals surface area contributed by atoms with E-state index in [1.807, 2.05) is 0 Å². The lowest BCUT2D eigenvalue weighted by Crippen LogP contribution is -2.39. The summed E-state index contributed by atoms with van der Waals surface area (Å²) < 4.78 is 0. The Hall–Kier alpha value is -0.860. The fourth-order valence-electron chi connectivity index (χ4n) is 2.37. The zero-order valence-corrected chi connectivity index (χ0v) is 12.1. The van der Waals surface area contributed by atoms with Crippen LogP contribution in [0.5, 0.6) is 0 Å². The van der Waals surface area contributed by atoms with Crippen molar-refractivity contribution in [3.63, 3.8) is 0 Å². The Morgan fingerprint density at radius 1 is 1.22 bits per heavy atom. The minimum absolute atomic E-state index is 0.492. The summed E-state index contributed by atoms with van der Waals surface area (Å²) in [6.07, 6.45) is 3.64. The predicted octanol–water partition coefficient (Wildman–Crippen LogP) is 3.24. The van der Waals surface area contributed by atoms with Crippen molar-refractivity contribution >= 4 is 0 Å². The molecular formula is C16H28N2. The molecule has 0 fully saturated rings. The summed E-state index contributed by atoms with van der Waals surface area (Å²) in [7, 11) is 2.20. The SMILES string of the molecule is CCCCN(C)C(CN)CC(C)c1ccccc1. The lowest BCUT2D eigenvalue weighted by molar-refractivity contribution is 0.224. The first kappa shape index (κ1) is 15.2. The highest BCUT2D eigenvalue weighted by atomic mass is 15.1. The van der Waals surface area contributed by atoms with Gasteiger partial charge in [-0.05, 0) is 37.9 Å². The Labute approximate surface area is 112 Å². The summed E-state index contributed by atoms with van der Waals surface area (Å²) in [4.78, 5) is 2.42. The van der Waals surface area contributed by atoms with Gasteiger partial charge in [0.2, 0.25) is 0 Å². The number of rotatable bonds is 8. The van der Waals surface area contributed by atoms with Crippen molar-refractivity contribution in [1.29, 1.82) is 0 Å². The number of nitrogens with two attached hydrogens (primary N) is 1. The van der Waals surface area contributed by atoms with Crippen molar-refractivity contribution in [3.05, 3.63) is 35.9 Å². The van der Waals surface area contributed by atoms with Gasteiger partial charge in [0, 0.05) is 12.6 Å². The van der Waals surface area contributed by atoms with Crippen LogP contribution in [0.1, 0.15) is 44.6 Å². The van der Waals surface area contributed by atoms with Gasteiger partial charge >= 0.3 is 0 Å². The fraction of sp³-hybridized carbons (Fsp3) is 0.625. The van der Waals surface area contributed by atoms with Gasteiger partial charge in [0.25, 0.3) is 0 Å².